The Morgan fingerprint density at radius 2 is 2.24 bits per heavy atom. The van der Waals surface area contributed by atoms with Crippen LogP contribution in [0.1, 0.15) is 17.0 Å². The van der Waals surface area contributed by atoms with Gasteiger partial charge in [0.05, 0.1) is 13.0 Å². The Hall–Kier alpha value is -1.82. The molecule has 1 aromatic carbocycles. The molecule has 0 aromatic heterocycles. The van der Waals surface area contributed by atoms with Gasteiger partial charge in [0.1, 0.15) is 0 Å². The van der Waals surface area contributed by atoms with Crippen molar-refractivity contribution in [1.29, 1.82) is 0 Å². The van der Waals surface area contributed by atoms with E-state index in [1.165, 1.54) is 20.1 Å². The zero-order chi connectivity index (χ0) is 13.2. The van der Waals surface area contributed by atoms with Crippen molar-refractivity contribution in [3.8, 4) is 11.5 Å². The van der Waals surface area contributed by atoms with Crippen LogP contribution in [-0.2, 0) is 4.79 Å². The van der Waals surface area contributed by atoms with Crippen LogP contribution in [-0.4, -0.2) is 29.8 Å². The van der Waals surface area contributed by atoms with Crippen LogP contribution in [0, 0.1) is 12.7 Å². The van der Waals surface area contributed by atoms with Crippen LogP contribution in [0.2, 0.25) is 0 Å². The van der Waals surface area contributed by atoms with Gasteiger partial charge in [-0.25, -0.2) is 4.39 Å². The number of carbonyl (C=O) groups is 1. The summed E-state index contributed by atoms with van der Waals surface area (Å²) < 4.78 is 18.6. The number of aromatic hydroxyl groups is 1. The Kier molecular flexibility index (Phi) is 3.90. The minimum atomic E-state index is -1.22. The lowest BCUT2D eigenvalue weighted by atomic mass is 9.96. The number of halogens is 1. The van der Waals surface area contributed by atoms with E-state index in [0.29, 0.717) is 5.56 Å². The summed E-state index contributed by atoms with van der Waals surface area (Å²) in [6.07, 6.45) is 0. The molecule has 0 amide bonds. The maximum atomic E-state index is 13.9. The molecule has 1 unspecified atom stereocenters. The normalized spacial score (nSPS) is 12.2. The summed E-state index contributed by atoms with van der Waals surface area (Å²) in [5.41, 5.74) is 5.54. The zero-order valence-electron chi connectivity index (χ0n) is 9.53. The van der Waals surface area contributed by atoms with Crippen molar-refractivity contribution in [2.24, 2.45) is 5.73 Å². The highest BCUT2D eigenvalue weighted by Crippen LogP contribution is 2.37. The number of nitrogens with two attached hydrogens (primary N) is 1. The molecule has 1 aromatic rings. The third-order valence-corrected chi connectivity index (χ3v) is 2.53. The van der Waals surface area contributed by atoms with Crippen LogP contribution in [0.4, 0.5) is 4.39 Å². The van der Waals surface area contributed by atoms with E-state index in [4.69, 9.17) is 15.6 Å². The molecule has 4 N–H and O–H groups in total. The number of aliphatic carboxylic acids is 1. The lowest BCUT2D eigenvalue weighted by Gasteiger charge is -2.15. The number of hydrogen-bond acceptors (Lipinski definition) is 4. The third kappa shape index (κ3) is 2.31. The molecular weight excluding hydrogens is 229 g/mol. The summed E-state index contributed by atoms with van der Waals surface area (Å²) in [5.74, 6) is -3.98. The minimum absolute atomic E-state index is 0.0906. The topological polar surface area (TPSA) is 92.8 Å². The lowest BCUT2D eigenvalue weighted by molar-refractivity contribution is -0.138. The molecule has 0 fully saturated rings. The number of hydrogen-bond donors (Lipinski definition) is 3. The molecular formula is C11H14FNO4. The van der Waals surface area contributed by atoms with Crippen LogP contribution < -0.4 is 10.5 Å². The average molecular weight is 243 g/mol. The molecule has 0 heterocycles. The summed E-state index contributed by atoms with van der Waals surface area (Å²) in [4.78, 5) is 10.9. The molecule has 0 aliphatic heterocycles. The number of carboxylic acid groups (broad SMARTS) is 1. The number of benzene rings is 1. The highest BCUT2D eigenvalue weighted by atomic mass is 19.1. The molecule has 94 valence electrons. The maximum Gasteiger partial charge on any atom is 0.312 e. The standard InChI is InChI=1S/C11H14FNO4/c1-5-3-6(7(4-13)11(15)16)8(12)10(17-2)9(5)14/h3,7,14H,4,13H2,1-2H3,(H,15,16). The van der Waals surface area contributed by atoms with Gasteiger partial charge < -0.3 is 20.7 Å². The molecule has 0 spiro atoms. The van der Waals surface area contributed by atoms with Gasteiger partial charge in [0.15, 0.2) is 17.3 Å². The van der Waals surface area contributed by atoms with Crippen LogP contribution in [0.15, 0.2) is 6.07 Å². The molecule has 6 heteroatoms. The number of ether oxygens (including phenoxy) is 1. The summed E-state index contributed by atoms with van der Waals surface area (Å²) in [6.45, 7) is 1.29. The number of aryl methyl sites for hydroxylation is 1. The lowest BCUT2D eigenvalue weighted by Crippen LogP contribution is -2.22. The molecule has 17 heavy (non-hydrogen) atoms. The Morgan fingerprint density at radius 3 is 2.65 bits per heavy atom. The number of carboxylic acids is 1. The van der Waals surface area contributed by atoms with Crippen LogP contribution >= 0.6 is 0 Å². The summed E-state index contributed by atoms with van der Waals surface area (Å²) in [7, 11) is 1.19. The predicted molar refractivity (Wildman–Crippen MR) is 58.8 cm³/mol. The number of phenolic OH excluding ortho intramolecular Hbond substituents is 1. The van der Waals surface area contributed by atoms with E-state index in [9.17, 15) is 14.3 Å². The molecule has 0 saturated heterocycles. The Morgan fingerprint density at radius 1 is 1.65 bits per heavy atom. The van der Waals surface area contributed by atoms with Crippen molar-refractivity contribution in [2.45, 2.75) is 12.8 Å². The first-order valence-corrected chi connectivity index (χ1v) is 4.92. The van der Waals surface area contributed by atoms with Gasteiger partial charge in [-0.2, -0.15) is 0 Å². The SMILES string of the molecule is COc1c(O)c(C)cc(C(CN)C(=O)O)c1F. The molecule has 1 atom stereocenters. The Labute approximate surface area is 97.6 Å². The van der Waals surface area contributed by atoms with E-state index < -0.39 is 17.7 Å². The fourth-order valence-corrected chi connectivity index (χ4v) is 1.58. The first-order valence-electron chi connectivity index (χ1n) is 4.92. The van der Waals surface area contributed by atoms with Crippen molar-refractivity contribution in [1.82, 2.24) is 0 Å². The van der Waals surface area contributed by atoms with E-state index in [2.05, 4.69) is 0 Å². The molecule has 5 nitrogen and oxygen atoms in total. The average Bonchev–Trinajstić information content (AvgIpc) is 2.26. The second kappa shape index (κ2) is 5.01. The maximum absolute atomic E-state index is 13.9. The highest BCUT2D eigenvalue weighted by molar-refractivity contribution is 5.77. The number of rotatable bonds is 4. The van der Waals surface area contributed by atoms with Gasteiger partial charge in [0.25, 0.3) is 0 Å². The fourth-order valence-electron chi connectivity index (χ4n) is 1.58. The second-order valence-electron chi connectivity index (χ2n) is 3.61. The van der Waals surface area contributed by atoms with Crippen LogP contribution in [0.25, 0.3) is 0 Å². The first-order chi connectivity index (χ1) is 7.93. The van der Waals surface area contributed by atoms with E-state index in [1.54, 1.807) is 0 Å². The number of phenols is 1. The Bertz CT molecular complexity index is 448. The monoisotopic (exact) mass is 243 g/mol. The van der Waals surface area contributed by atoms with E-state index in [1.807, 2.05) is 0 Å². The Balaban J connectivity index is 3.44. The minimum Gasteiger partial charge on any atom is -0.504 e. The third-order valence-electron chi connectivity index (χ3n) is 2.53. The van der Waals surface area contributed by atoms with Crippen molar-refractivity contribution in [3.63, 3.8) is 0 Å². The second-order valence-corrected chi connectivity index (χ2v) is 3.61. The molecule has 0 saturated carbocycles. The molecule has 0 aliphatic carbocycles. The predicted octanol–water partition coefficient (Wildman–Crippen LogP) is 0.975. The van der Waals surface area contributed by atoms with Gasteiger partial charge in [-0.15, -0.1) is 0 Å². The highest BCUT2D eigenvalue weighted by Gasteiger charge is 2.26. The molecule has 0 radical (unpaired) electrons. The largest absolute Gasteiger partial charge is 0.504 e. The summed E-state index contributed by atoms with van der Waals surface area (Å²) in [5, 5.41) is 18.5. The molecule has 1 rings (SSSR count). The van der Waals surface area contributed by atoms with E-state index in [0.717, 1.165) is 0 Å². The quantitative estimate of drug-likeness (QED) is 0.732. The summed E-state index contributed by atoms with van der Waals surface area (Å²) >= 11 is 0. The van der Waals surface area contributed by atoms with Crippen LogP contribution in [0.3, 0.4) is 0 Å². The first kappa shape index (κ1) is 13.2. The molecule has 0 aliphatic rings. The van der Waals surface area contributed by atoms with Crippen molar-refractivity contribution in [3.05, 3.63) is 23.0 Å². The smallest absolute Gasteiger partial charge is 0.312 e. The van der Waals surface area contributed by atoms with Crippen molar-refractivity contribution < 1.29 is 24.1 Å². The van der Waals surface area contributed by atoms with Crippen molar-refractivity contribution in [2.75, 3.05) is 13.7 Å². The van der Waals surface area contributed by atoms with E-state index >= 15 is 0 Å². The summed E-state index contributed by atoms with van der Waals surface area (Å²) in [6, 6.07) is 1.26. The zero-order valence-corrected chi connectivity index (χ0v) is 9.53. The number of methoxy groups -OCH3 is 1. The van der Waals surface area contributed by atoms with Gasteiger partial charge in [-0.1, -0.05) is 0 Å². The fraction of sp³-hybridized carbons (Fsp3) is 0.364. The van der Waals surface area contributed by atoms with Crippen LogP contribution in [0.5, 0.6) is 11.5 Å². The van der Waals surface area contributed by atoms with Gasteiger partial charge in [0.2, 0.25) is 0 Å². The molecule has 0 bridgehead atoms. The van der Waals surface area contributed by atoms with Gasteiger partial charge in [-0.05, 0) is 18.6 Å². The van der Waals surface area contributed by atoms with Gasteiger partial charge in [0, 0.05) is 12.1 Å². The van der Waals surface area contributed by atoms with Gasteiger partial charge in [-0.3, -0.25) is 4.79 Å². The van der Waals surface area contributed by atoms with Gasteiger partial charge >= 0.3 is 5.97 Å². The van der Waals surface area contributed by atoms with Crippen molar-refractivity contribution >= 4 is 5.97 Å². The van der Waals surface area contributed by atoms with E-state index in [-0.39, 0.29) is 23.6 Å².